The van der Waals surface area contributed by atoms with Crippen molar-refractivity contribution in [3.8, 4) is 28.1 Å². The van der Waals surface area contributed by atoms with Gasteiger partial charge in [-0.3, -0.25) is 4.79 Å². The van der Waals surface area contributed by atoms with Crippen molar-refractivity contribution in [1.29, 1.82) is 0 Å². The number of aromatic amines is 1. The Bertz CT molecular complexity index is 1480. The summed E-state index contributed by atoms with van der Waals surface area (Å²) in [6.07, 6.45) is 4.09. The van der Waals surface area contributed by atoms with E-state index in [9.17, 15) is 9.90 Å². The summed E-state index contributed by atoms with van der Waals surface area (Å²) >= 11 is 0. The monoisotopic (exact) mass is 499 g/mol. The normalized spacial score (nSPS) is 14.4. The zero-order valence-corrected chi connectivity index (χ0v) is 22.0. The third-order valence-electron chi connectivity index (χ3n) is 7.03. The molecule has 1 atom stereocenters. The summed E-state index contributed by atoms with van der Waals surface area (Å²) in [5.74, 6) is 0.784. The smallest absolute Gasteiger partial charge is 0.253 e. The average molecular weight is 500 g/mol. The van der Waals surface area contributed by atoms with Crippen molar-refractivity contribution in [3.63, 3.8) is 0 Å². The molecule has 0 aliphatic carbocycles. The molecule has 2 aromatic heterocycles. The Labute approximate surface area is 216 Å². The van der Waals surface area contributed by atoms with E-state index in [1.54, 1.807) is 32.2 Å². The van der Waals surface area contributed by atoms with E-state index in [0.29, 0.717) is 11.2 Å². The topological polar surface area (TPSA) is 94.6 Å². The van der Waals surface area contributed by atoms with Gasteiger partial charge in [0.2, 0.25) is 0 Å². The molecule has 4 aromatic rings. The zero-order valence-electron chi connectivity index (χ0n) is 22.0. The van der Waals surface area contributed by atoms with Crippen LogP contribution in [0.25, 0.3) is 33.5 Å². The maximum absolute atomic E-state index is 12.9. The molecule has 0 radical (unpaired) electrons. The first-order valence-electron chi connectivity index (χ1n) is 12.5. The number of carbonyl (C=O) groups excluding carboxylic acids is 1. The maximum atomic E-state index is 12.9. The average Bonchev–Trinajstić information content (AvgIpc) is 3.30. The summed E-state index contributed by atoms with van der Waals surface area (Å²) in [6.45, 7) is 5.77. The van der Waals surface area contributed by atoms with Crippen LogP contribution in [0.5, 0.6) is 5.75 Å². The summed E-state index contributed by atoms with van der Waals surface area (Å²) in [6, 6.07) is 10.0. The number of carbonyl (C=O) groups is 1. The van der Waals surface area contributed by atoms with Gasteiger partial charge in [-0.2, -0.15) is 0 Å². The summed E-state index contributed by atoms with van der Waals surface area (Å²) in [7, 11) is 5.55. The molecule has 0 bridgehead atoms. The molecule has 1 aliphatic heterocycles. The third-order valence-corrected chi connectivity index (χ3v) is 7.03. The summed E-state index contributed by atoms with van der Waals surface area (Å²) in [5.41, 5.74) is 9.13. The van der Waals surface area contributed by atoms with Crippen LogP contribution in [0.3, 0.4) is 0 Å². The van der Waals surface area contributed by atoms with Crippen LogP contribution in [-0.2, 0) is 13.0 Å². The van der Waals surface area contributed by atoms with Gasteiger partial charge in [0.1, 0.15) is 11.3 Å². The number of fused-ring (bicyclic) bond motifs is 2. The minimum Gasteiger partial charge on any atom is -0.496 e. The van der Waals surface area contributed by atoms with E-state index in [0.717, 1.165) is 58.7 Å². The molecule has 37 heavy (non-hydrogen) atoms. The summed E-state index contributed by atoms with van der Waals surface area (Å²) < 4.78 is 5.74. The van der Waals surface area contributed by atoms with Crippen LogP contribution in [-0.4, -0.2) is 76.2 Å². The van der Waals surface area contributed by atoms with Crippen molar-refractivity contribution in [3.05, 3.63) is 65.0 Å². The maximum Gasteiger partial charge on any atom is 0.253 e. The number of ether oxygens (including phenoxy) is 1. The standard InChI is InChI=1S/C29H33N5O3/c1-17-10-19(6-7-22(17)29(36)34(4)15-18(2)35)24-13-30-28-27(24)32-25(14-31-28)20-11-21-16-33(3)9-8-23(21)26(12-20)37-5/h6-7,10-14,18,35H,8-9,15-16H2,1-5H3,(H,30,31)/t18-/m0/s1. The highest BCUT2D eigenvalue weighted by Crippen LogP contribution is 2.35. The number of aliphatic hydroxyl groups excluding tert-OH is 1. The fourth-order valence-electron chi connectivity index (χ4n) is 5.14. The number of nitrogens with zero attached hydrogens (tertiary/aromatic N) is 4. The van der Waals surface area contributed by atoms with E-state index in [1.165, 1.54) is 11.1 Å². The van der Waals surface area contributed by atoms with E-state index >= 15 is 0 Å². The lowest BCUT2D eigenvalue weighted by molar-refractivity contribution is 0.0703. The largest absolute Gasteiger partial charge is 0.496 e. The lowest BCUT2D eigenvalue weighted by Crippen LogP contribution is -2.33. The number of rotatable bonds is 6. The van der Waals surface area contributed by atoms with Gasteiger partial charge in [-0.25, -0.2) is 9.97 Å². The highest BCUT2D eigenvalue weighted by atomic mass is 16.5. The van der Waals surface area contributed by atoms with Crippen LogP contribution in [0.15, 0.2) is 42.7 Å². The first-order chi connectivity index (χ1) is 17.7. The van der Waals surface area contributed by atoms with Gasteiger partial charge >= 0.3 is 0 Å². The molecule has 192 valence electrons. The molecule has 3 heterocycles. The van der Waals surface area contributed by atoms with E-state index in [-0.39, 0.29) is 12.5 Å². The molecular formula is C29H33N5O3. The number of amides is 1. The molecule has 2 N–H and O–H groups in total. The van der Waals surface area contributed by atoms with Gasteiger partial charge in [-0.1, -0.05) is 12.1 Å². The second-order valence-electron chi connectivity index (χ2n) is 10.0. The minimum absolute atomic E-state index is 0.113. The Morgan fingerprint density at radius 3 is 2.81 bits per heavy atom. The van der Waals surface area contributed by atoms with Crippen molar-refractivity contribution in [2.45, 2.75) is 32.9 Å². The molecule has 1 amide bonds. The van der Waals surface area contributed by atoms with Crippen LogP contribution >= 0.6 is 0 Å². The molecule has 8 nitrogen and oxygen atoms in total. The van der Waals surface area contributed by atoms with Crippen molar-refractivity contribution in [2.24, 2.45) is 0 Å². The number of hydrogen-bond donors (Lipinski definition) is 2. The first kappa shape index (κ1) is 24.9. The molecular weight excluding hydrogens is 466 g/mol. The van der Waals surface area contributed by atoms with Gasteiger partial charge in [-0.05, 0) is 67.8 Å². The van der Waals surface area contributed by atoms with Gasteiger partial charge in [0.15, 0.2) is 5.65 Å². The zero-order chi connectivity index (χ0) is 26.3. The fourth-order valence-corrected chi connectivity index (χ4v) is 5.14. The first-order valence-corrected chi connectivity index (χ1v) is 12.5. The second kappa shape index (κ2) is 9.95. The molecule has 5 rings (SSSR count). The quantitative estimate of drug-likeness (QED) is 0.416. The SMILES string of the molecule is COc1cc(-c2cnc3[nH]cc(-c4ccc(C(=O)N(C)C[C@H](C)O)c(C)c4)c3n2)cc2c1CCN(C)C2. The Balaban J connectivity index is 1.52. The van der Waals surface area contributed by atoms with Crippen molar-refractivity contribution in [2.75, 3.05) is 34.3 Å². The number of nitrogens with one attached hydrogen (secondary N) is 1. The fraction of sp³-hybridized carbons (Fsp3) is 0.345. The Hall–Kier alpha value is -3.75. The van der Waals surface area contributed by atoms with Gasteiger partial charge in [0.05, 0.1) is 25.1 Å². The van der Waals surface area contributed by atoms with Crippen molar-refractivity contribution < 1.29 is 14.6 Å². The van der Waals surface area contributed by atoms with Gasteiger partial charge in [0.25, 0.3) is 5.91 Å². The van der Waals surface area contributed by atoms with Gasteiger partial charge in [-0.15, -0.1) is 0 Å². The number of methoxy groups -OCH3 is 1. The molecule has 0 saturated carbocycles. The number of benzene rings is 2. The molecule has 2 aromatic carbocycles. The predicted octanol–water partition coefficient (Wildman–Crippen LogP) is 4.05. The molecule has 1 aliphatic rings. The number of aromatic nitrogens is 3. The van der Waals surface area contributed by atoms with Gasteiger partial charge in [0, 0.05) is 49.6 Å². The second-order valence-corrected chi connectivity index (χ2v) is 10.0. The molecule has 0 fully saturated rings. The number of hydrogen-bond acceptors (Lipinski definition) is 6. The Morgan fingerprint density at radius 1 is 1.27 bits per heavy atom. The van der Waals surface area contributed by atoms with Crippen LogP contribution in [0.4, 0.5) is 0 Å². The predicted molar refractivity (Wildman–Crippen MR) is 145 cm³/mol. The van der Waals surface area contributed by atoms with Crippen molar-refractivity contribution in [1.82, 2.24) is 24.8 Å². The van der Waals surface area contributed by atoms with Crippen LogP contribution in [0.1, 0.15) is 34.0 Å². The number of H-pyrrole nitrogens is 1. The minimum atomic E-state index is -0.580. The molecule has 0 spiro atoms. The van der Waals surface area contributed by atoms with Gasteiger partial charge < -0.3 is 24.6 Å². The third kappa shape index (κ3) is 4.82. The highest BCUT2D eigenvalue weighted by molar-refractivity contribution is 5.97. The number of aryl methyl sites for hydroxylation is 1. The van der Waals surface area contributed by atoms with Crippen molar-refractivity contribution >= 4 is 17.1 Å². The van der Waals surface area contributed by atoms with E-state index in [4.69, 9.17) is 9.72 Å². The number of likely N-dealkylation sites (N-methyl/N-ethyl adjacent to an activating group) is 2. The highest BCUT2D eigenvalue weighted by Gasteiger charge is 2.21. The number of aliphatic hydroxyl groups is 1. The van der Waals surface area contributed by atoms with E-state index < -0.39 is 6.10 Å². The molecule has 0 saturated heterocycles. The lowest BCUT2D eigenvalue weighted by Gasteiger charge is -2.27. The van der Waals surface area contributed by atoms with Crippen LogP contribution in [0, 0.1) is 6.92 Å². The summed E-state index contributed by atoms with van der Waals surface area (Å²) in [4.78, 5) is 29.6. The molecule has 8 heteroatoms. The lowest BCUT2D eigenvalue weighted by atomic mass is 9.95. The summed E-state index contributed by atoms with van der Waals surface area (Å²) in [5, 5.41) is 9.64. The van der Waals surface area contributed by atoms with Crippen LogP contribution < -0.4 is 4.74 Å². The molecule has 0 unspecified atom stereocenters. The van der Waals surface area contributed by atoms with E-state index in [1.807, 2.05) is 31.3 Å². The Kier molecular flexibility index (Phi) is 6.70. The van der Waals surface area contributed by atoms with Crippen LogP contribution in [0.2, 0.25) is 0 Å². The Morgan fingerprint density at radius 2 is 2.08 bits per heavy atom. The van der Waals surface area contributed by atoms with E-state index in [2.05, 4.69) is 34.0 Å².